The molecule has 3 heterocycles. The van der Waals surface area contributed by atoms with Crippen LogP contribution in [0.25, 0.3) is 0 Å². The van der Waals surface area contributed by atoms with E-state index >= 15 is 0 Å². The highest BCUT2D eigenvalue weighted by molar-refractivity contribution is 5.98. The Labute approximate surface area is 228 Å². The first-order valence-corrected chi connectivity index (χ1v) is 14.6. The number of amides is 2. The third-order valence-corrected chi connectivity index (χ3v) is 8.87. The van der Waals surface area contributed by atoms with Crippen molar-refractivity contribution in [1.29, 1.82) is 0 Å². The Balaban J connectivity index is 1.98. The smallest absolute Gasteiger partial charge is 0.312 e. The second-order valence-corrected chi connectivity index (χ2v) is 11.2. The Hall–Kier alpha value is -2.19. The number of esters is 1. The lowest BCUT2D eigenvalue weighted by Gasteiger charge is -2.39. The normalized spacial score (nSPS) is 30.3. The fourth-order valence-corrected chi connectivity index (χ4v) is 7.00. The zero-order valence-corrected chi connectivity index (χ0v) is 23.7. The van der Waals surface area contributed by atoms with Crippen LogP contribution in [0.2, 0.25) is 0 Å². The summed E-state index contributed by atoms with van der Waals surface area (Å²) in [6.45, 7) is 14.7. The predicted octanol–water partition coefficient (Wildman–Crippen LogP) is 4.02. The average molecular weight is 533 g/mol. The molecular weight excluding hydrogens is 484 g/mol. The lowest BCUT2D eigenvalue weighted by atomic mass is 9.65. The maximum atomic E-state index is 14.3. The van der Waals surface area contributed by atoms with Crippen LogP contribution in [0, 0.1) is 11.8 Å². The fourth-order valence-electron chi connectivity index (χ4n) is 7.00. The number of unbranched alkanes of at least 4 members (excludes halogenated alkanes) is 3. The molecule has 2 amide bonds. The Kier molecular flexibility index (Phi) is 10.6. The van der Waals surface area contributed by atoms with Crippen molar-refractivity contribution >= 4 is 17.8 Å². The van der Waals surface area contributed by atoms with Crippen LogP contribution in [0.3, 0.4) is 0 Å². The van der Waals surface area contributed by atoms with Crippen LogP contribution in [-0.2, 0) is 23.9 Å². The van der Waals surface area contributed by atoms with E-state index in [2.05, 4.69) is 20.1 Å². The number of ether oxygens (including phenoxy) is 2. The van der Waals surface area contributed by atoms with Gasteiger partial charge in [-0.05, 0) is 64.7 Å². The Morgan fingerprint density at radius 3 is 2.61 bits per heavy atom. The molecule has 3 fully saturated rings. The van der Waals surface area contributed by atoms with E-state index in [9.17, 15) is 19.5 Å². The Bertz CT molecular complexity index is 877. The maximum Gasteiger partial charge on any atom is 0.312 e. The summed E-state index contributed by atoms with van der Waals surface area (Å²) < 4.78 is 12.5. The molecule has 3 unspecified atom stereocenters. The number of nitrogens with zero attached hydrogens (tertiary/aromatic N) is 2. The monoisotopic (exact) mass is 532 g/mol. The first-order chi connectivity index (χ1) is 18.3. The summed E-state index contributed by atoms with van der Waals surface area (Å²) >= 11 is 0. The quantitative estimate of drug-likeness (QED) is 0.173. The molecule has 8 nitrogen and oxygen atoms in total. The lowest BCUT2D eigenvalue weighted by molar-refractivity contribution is -0.162. The largest absolute Gasteiger partial charge is 0.465 e. The molecule has 8 heteroatoms. The molecule has 1 spiro atoms. The first kappa shape index (κ1) is 30.4. The van der Waals surface area contributed by atoms with Gasteiger partial charge in [0.1, 0.15) is 17.6 Å². The van der Waals surface area contributed by atoms with Gasteiger partial charge in [0.25, 0.3) is 0 Å². The van der Waals surface area contributed by atoms with Crippen molar-refractivity contribution in [2.75, 3.05) is 26.3 Å². The van der Waals surface area contributed by atoms with Gasteiger partial charge in [-0.1, -0.05) is 32.4 Å². The van der Waals surface area contributed by atoms with E-state index in [-0.39, 0.29) is 24.5 Å². The van der Waals surface area contributed by atoms with Crippen LogP contribution in [0.5, 0.6) is 0 Å². The molecule has 0 aromatic carbocycles. The number of aliphatic hydroxyl groups is 1. The number of allylic oxidation sites excluding steroid dienone is 1. The zero-order chi connectivity index (χ0) is 27.9. The number of rotatable bonds is 17. The van der Waals surface area contributed by atoms with Gasteiger partial charge >= 0.3 is 5.97 Å². The molecule has 0 aliphatic carbocycles. The minimum absolute atomic E-state index is 0.0155. The van der Waals surface area contributed by atoms with Crippen molar-refractivity contribution in [3.63, 3.8) is 0 Å². The number of hydrogen-bond donors (Lipinski definition) is 1. The molecule has 3 aliphatic heterocycles. The summed E-state index contributed by atoms with van der Waals surface area (Å²) in [7, 11) is 0. The molecule has 6 atom stereocenters. The molecule has 38 heavy (non-hydrogen) atoms. The van der Waals surface area contributed by atoms with Crippen molar-refractivity contribution in [3.05, 3.63) is 25.3 Å². The second-order valence-electron chi connectivity index (χ2n) is 11.2. The highest BCUT2D eigenvalue weighted by Gasteiger charge is 2.79. The molecule has 0 aromatic heterocycles. The van der Waals surface area contributed by atoms with Crippen molar-refractivity contribution in [2.45, 2.75) is 108 Å². The number of likely N-dealkylation sites (tertiary alicyclic amines) is 1. The molecule has 214 valence electrons. The van der Waals surface area contributed by atoms with E-state index in [0.717, 1.165) is 32.1 Å². The first-order valence-electron chi connectivity index (χ1n) is 14.6. The molecule has 3 saturated heterocycles. The number of fused-ring (bicyclic) bond motifs is 1. The van der Waals surface area contributed by atoms with Crippen LogP contribution >= 0.6 is 0 Å². The van der Waals surface area contributed by atoms with Gasteiger partial charge in [-0.15, -0.1) is 13.2 Å². The van der Waals surface area contributed by atoms with Crippen molar-refractivity contribution in [3.8, 4) is 0 Å². The summed E-state index contributed by atoms with van der Waals surface area (Å²) in [5.74, 6) is -2.21. The lowest BCUT2D eigenvalue weighted by Crippen LogP contribution is -2.58. The minimum atomic E-state index is -1.05. The number of carbonyl (C=O) groups excluding carboxylic acids is 3. The Morgan fingerprint density at radius 2 is 1.97 bits per heavy atom. The average Bonchev–Trinajstić information content (AvgIpc) is 3.50. The highest BCUT2D eigenvalue weighted by atomic mass is 16.6. The predicted molar refractivity (Wildman–Crippen MR) is 146 cm³/mol. The van der Waals surface area contributed by atoms with Crippen LogP contribution in [0.15, 0.2) is 25.3 Å². The molecule has 0 radical (unpaired) electrons. The number of hydrogen-bond acceptors (Lipinski definition) is 6. The SMILES string of the molecule is C=CCCCCOC(=O)[C@@H]1[C@H]2C(=O)N(CCCCO)C(C(=O)N(CC=C)C(C)CCC)C23CC[C@@]1(CC)O3. The Morgan fingerprint density at radius 1 is 1.21 bits per heavy atom. The summed E-state index contributed by atoms with van der Waals surface area (Å²) in [6, 6.07) is -0.831. The van der Waals surface area contributed by atoms with Gasteiger partial charge in [-0.3, -0.25) is 14.4 Å². The summed E-state index contributed by atoms with van der Waals surface area (Å²) in [5, 5.41) is 9.37. The van der Waals surface area contributed by atoms with Gasteiger partial charge < -0.3 is 24.4 Å². The van der Waals surface area contributed by atoms with E-state index in [0.29, 0.717) is 51.8 Å². The number of carbonyl (C=O) groups is 3. The molecule has 2 bridgehead atoms. The second kappa shape index (κ2) is 13.2. The van der Waals surface area contributed by atoms with Crippen LogP contribution < -0.4 is 0 Å². The highest BCUT2D eigenvalue weighted by Crippen LogP contribution is 2.64. The van der Waals surface area contributed by atoms with Gasteiger partial charge in [0, 0.05) is 25.7 Å². The van der Waals surface area contributed by atoms with E-state index in [1.165, 1.54) is 0 Å². The van der Waals surface area contributed by atoms with Gasteiger partial charge in [0.05, 0.1) is 18.1 Å². The minimum Gasteiger partial charge on any atom is -0.465 e. The molecule has 3 aliphatic rings. The molecule has 0 aromatic rings. The van der Waals surface area contributed by atoms with Crippen molar-refractivity contribution in [2.24, 2.45) is 11.8 Å². The molecule has 0 saturated carbocycles. The van der Waals surface area contributed by atoms with E-state index in [1.54, 1.807) is 11.0 Å². The van der Waals surface area contributed by atoms with Gasteiger partial charge in [0.15, 0.2) is 0 Å². The van der Waals surface area contributed by atoms with E-state index in [4.69, 9.17) is 9.47 Å². The van der Waals surface area contributed by atoms with Gasteiger partial charge in [0.2, 0.25) is 11.8 Å². The molecular formula is C30H48N2O6. The molecule has 1 N–H and O–H groups in total. The summed E-state index contributed by atoms with van der Waals surface area (Å²) in [4.78, 5) is 45.5. The van der Waals surface area contributed by atoms with Gasteiger partial charge in [-0.25, -0.2) is 0 Å². The van der Waals surface area contributed by atoms with Crippen LogP contribution in [0.1, 0.15) is 85.0 Å². The van der Waals surface area contributed by atoms with Crippen LogP contribution in [0.4, 0.5) is 0 Å². The van der Waals surface area contributed by atoms with E-state index < -0.39 is 35.0 Å². The fraction of sp³-hybridized carbons (Fsp3) is 0.767. The van der Waals surface area contributed by atoms with E-state index in [1.807, 2.05) is 24.8 Å². The number of aliphatic hydroxyl groups excluding tert-OH is 1. The third kappa shape index (κ3) is 5.44. The van der Waals surface area contributed by atoms with Gasteiger partial charge in [-0.2, -0.15) is 0 Å². The van der Waals surface area contributed by atoms with Crippen LogP contribution in [-0.4, -0.2) is 82.3 Å². The summed E-state index contributed by atoms with van der Waals surface area (Å²) in [6.07, 6.45) is 10.6. The standard InChI is InChI=1S/C30H48N2O6/c1-6-10-11-14-21-37-28(36)24-23-26(34)32(19-12-13-20-33)25(30(23)17-16-29(24,9-4)38-30)27(35)31(18-8-3)22(5)15-7-2/h6,8,22-25,33H,1,3,7,9-21H2,2,4-5H3/t22?,23-,24-,25?,29+,30?/m0/s1. The topological polar surface area (TPSA) is 96.4 Å². The maximum absolute atomic E-state index is 14.3. The summed E-state index contributed by atoms with van der Waals surface area (Å²) in [5.41, 5.74) is -1.85. The zero-order valence-electron chi connectivity index (χ0n) is 23.7. The van der Waals surface area contributed by atoms with Crippen molar-refractivity contribution < 1.29 is 29.0 Å². The molecule has 3 rings (SSSR count). The third-order valence-electron chi connectivity index (χ3n) is 8.87. The van der Waals surface area contributed by atoms with Crippen molar-refractivity contribution in [1.82, 2.24) is 9.80 Å².